The largest absolute Gasteiger partial charge is 0.341 e. The van der Waals surface area contributed by atoms with Crippen LogP contribution in [0, 0.1) is 11.3 Å². The van der Waals surface area contributed by atoms with E-state index in [-0.39, 0.29) is 16.7 Å². The van der Waals surface area contributed by atoms with Crippen molar-refractivity contribution in [3.63, 3.8) is 0 Å². The maximum atomic E-state index is 11.8. The zero-order valence-corrected chi connectivity index (χ0v) is 8.97. The summed E-state index contributed by atoms with van der Waals surface area (Å²) in [6, 6.07) is 0. The normalized spacial score (nSPS) is 36.4. The first-order valence-corrected chi connectivity index (χ1v) is 5.37. The summed E-state index contributed by atoms with van der Waals surface area (Å²) in [6.07, 6.45) is 2.01. The van der Waals surface area contributed by atoms with Crippen molar-refractivity contribution in [3.8, 4) is 0 Å². The van der Waals surface area contributed by atoms with E-state index in [4.69, 9.17) is 11.6 Å². The molecule has 1 heterocycles. The Bertz CT molecular complexity index is 239. The second kappa shape index (κ2) is 2.88. The number of hydrogen-bond donors (Lipinski definition) is 0. The van der Waals surface area contributed by atoms with Crippen LogP contribution < -0.4 is 0 Å². The molecule has 0 spiro atoms. The van der Waals surface area contributed by atoms with Gasteiger partial charge in [-0.2, -0.15) is 0 Å². The smallest absolute Gasteiger partial charge is 0.226 e. The molecular formula is C10H16ClNO. The molecule has 3 heteroatoms. The van der Waals surface area contributed by atoms with Crippen molar-refractivity contribution in [3.05, 3.63) is 0 Å². The van der Waals surface area contributed by atoms with E-state index in [1.54, 1.807) is 0 Å². The Hall–Kier alpha value is -0.240. The van der Waals surface area contributed by atoms with Gasteiger partial charge in [0.15, 0.2) is 0 Å². The van der Waals surface area contributed by atoms with Gasteiger partial charge in [0, 0.05) is 19.0 Å². The Labute approximate surface area is 84.2 Å². The number of hydrogen-bond acceptors (Lipinski definition) is 1. The van der Waals surface area contributed by atoms with Gasteiger partial charge in [-0.1, -0.05) is 13.8 Å². The van der Waals surface area contributed by atoms with Crippen molar-refractivity contribution in [2.75, 3.05) is 13.1 Å². The molecule has 2 aliphatic rings. The Morgan fingerprint density at radius 3 is 2.54 bits per heavy atom. The van der Waals surface area contributed by atoms with E-state index in [0.29, 0.717) is 5.91 Å². The fourth-order valence-corrected chi connectivity index (χ4v) is 2.29. The lowest BCUT2D eigenvalue weighted by molar-refractivity contribution is -0.132. The molecule has 0 aromatic rings. The zero-order chi connectivity index (χ0) is 9.64. The average Bonchev–Trinajstić information content (AvgIpc) is 2.47. The van der Waals surface area contributed by atoms with Gasteiger partial charge >= 0.3 is 0 Å². The number of halogens is 1. The summed E-state index contributed by atoms with van der Waals surface area (Å²) >= 11 is 5.95. The Balaban J connectivity index is 1.92. The molecular weight excluding hydrogens is 186 g/mol. The standard InChI is InChI=1S/C10H16ClNO/c1-10(2)5-8(10)9(13)12-4-3-7(11)6-12/h7-8H,3-6H2,1-2H3. The van der Waals surface area contributed by atoms with E-state index >= 15 is 0 Å². The van der Waals surface area contributed by atoms with Crippen LogP contribution in [-0.4, -0.2) is 29.3 Å². The summed E-state index contributed by atoms with van der Waals surface area (Å²) in [6.45, 7) is 5.93. The molecule has 13 heavy (non-hydrogen) atoms. The van der Waals surface area contributed by atoms with Crippen LogP contribution >= 0.6 is 11.6 Å². The molecule has 2 fully saturated rings. The highest BCUT2D eigenvalue weighted by Crippen LogP contribution is 2.52. The molecule has 0 aromatic carbocycles. The topological polar surface area (TPSA) is 20.3 Å². The van der Waals surface area contributed by atoms with Gasteiger partial charge in [0.1, 0.15) is 0 Å². The van der Waals surface area contributed by atoms with Crippen LogP contribution in [-0.2, 0) is 4.79 Å². The van der Waals surface area contributed by atoms with Gasteiger partial charge in [0.25, 0.3) is 0 Å². The van der Waals surface area contributed by atoms with E-state index in [0.717, 1.165) is 25.9 Å². The SMILES string of the molecule is CC1(C)CC1C(=O)N1CCC(Cl)C1. The van der Waals surface area contributed by atoms with Gasteiger partial charge in [0.05, 0.1) is 5.38 Å². The predicted molar refractivity (Wildman–Crippen MR) is 52.7 cm³/mol. The Kier molecular flexibility index (Phi) is 2.06. The number of likely N-dealkylation sites (tertiary alicyclic amines) is 1. The van der Waals surface area contributed by atoms with Crippen LogP contribution in [0.5, 0.6) is 0 Å². The minimum absolute atomic E-state index is 0.186. The van der Waals surface area contributed by atoms with E-state index in [9.17, 15) is 4.79 Å². The third kappa shape index (κ3) is 1.69. The van der Waals surface area contributed by atoms with Gasteiger partial charge in [-0.25, -0.2) is 0 Å². The Morgan fingerprint density at radius 2 is 2.15 bits per heavy atom. The molecule has 2 nitrogen and oxygen atoms in total. The fourth-order valence-electron chi connectivity index (χ4n) is 2.03. The van der Waals surface area contributed by atoms with Gasteiger partial charge < -0.3 is 4.90 Å². The van der Waals surface area contributed by atoms with Crippen LogP contribution in [0.4, 0.5) is 0 Å². The maximum absolute atomic E-state index is 11.8. The minimum Gasteiger partial charge on any atom is -0.341 e. The third-order valence-electron chi connectivity index (χ3n) is 3.25. The molecule has 1 saturated heterocycles. The van der Waals surface area contributed by atoms with E-state index < -0.39 is 0 Å². The van der Waals surface area contributed by atoms with Crippen molar-refractivity contribution >= 4 is 17.5 Å². The van der Waals surface area contributed by atoms with Gasteiger partial charge in [-0.3, -0.25) is 4.79 Å². The van der Waals surface area contributed by atoms with Crippen molar-refractivity contribution in [1.82, 2.24) is 4.90 Å². The molecule has 2 atom stereocenters. The highest BCUT2D eigenvalue weighted by molar-refractivity contribution is 6.21. The van der Waals surface area contributed by atoms with Gasteiger partial charge in [-0.15, -0.1) is 11.6 Å². The van der Waals surface area contributed by atoms with Crippen LogP contribution in [0.3, 0.4) is 0 Å². The number of amides is 1. The molecule has 74 valence electrons. The first-order chi connectivity index (χ1) is 6.00. The summed E-state index contributed by atoms with van der Waals surface area (Å²) in [5, 5.41) is 0.186. The number of alkyl halides is 1. The molecule has 1 aliphatic heterocycles. The molecule has 0 bridgehead atoms. The molecule has 2 rings (SSSR count). The van der Waals surface area contributed by atoms with Gasteiger partial charge in [0.2, 0.25) is 5.91 Å². The Morgan fingerprint density at radius 1 is 1.54 bits per heavy atom. The lowest BCUT2D eigenvalue weighted by Gasteiger charge is -2.16. The number of nitrogens with zero attached hydrogens (tertiary/aromatic N) is 1. The molecule has 0 radical (unpaired) electrons. The van der Waals surface area contributed by atoms with Crippen LogP contribution in [0.25, 0.3) is 0 Å². The lowest BCUT2D eigenvalue weighted by Crippen LogP contribution is -2.31. The summed E-state index contributed by atoms with van der Waals surface area (Å²) in [5.74, 6) is 0.600. The molecule has 1 saturated carbocycles. The molecule has 1 aliphatic carbocycles. The second-order valence-electron chi connectivity index (χ2n) is 4.92. The monoisotopic (exact) mass is 201 g/mol. The first-order valence-electron chi connectivity index (χ1n) is 4.93. The minimum atomic E-state index is 0.186. The quantitative estimate of drug-likeness (QED) is 0.594. The summed E-state index contributed by atoms with van der Waals surface area (Å²) in [7, 11) is 0. The van der Waals surface area contributed by atoms with Gasteiger partial charge in [-0.05, 0) is 18.3 Å². The molecule has 1 amide bonds. The van der Waals surface area contributed by atoms with Crippen molar-refractivity contribution in [2.45, 2.75) is 32.1 Å². The van der Waals surface area contributed by atoms with E-state index in [2.05, 4.69) is 13.8 Å². The number of carbonyl (C=O) groups excluding carboxylic acids is 1. The summed E-state index contributed by atoms with van der Waals surface area (Å²) < 4.78 is 0. The molecule has 2 unspecified atom stereocenters. The van der Waals surface area contributed by atoms with Crippen LogP contribution in [0.2, 0.25) is 0 Å². The predicted octanol–water partition coefficient (Wildman–Crippen LogP) is 1.87. The van der Waals surface area contributed by atoms with Crippen molar-refractivity contribution in [1.29, 1.82) is 0 Å². The molecule has 0 aromatic heterocycles. The summed E-state index contributed by atoms with van der Waals surface area (Å²) in [5.41, 5.74) is 0.251. The van der Waals surface area contributed by atoms with Crippen molar-refractivity contribution in [2.24, 2.45) is 11.3 Å². The first kappa shape index (κ1) is 9.32. The van der Waals surface area contributed by atoms with Crippen LogP contribution in [0.15, 0.2) is 0 Å². The maximum Gasteiger partial charge on any atom is 0.226 e. The van der Waals surface area contributed by atoms with E-state index in [1.165, 1.54) is 0 Å². The van der Waals surface area contributed by atoms with Crippen LogP contribution in [0.1, 0.15) is 26.7 Å². The lowest BCUT2D eigenvalue weighted by atomic mass is 10.1. The third-order valence-corrected chi connectivity index (χ3v) is 3.61. The zero-order valence-electron chi connectivity index (χ0n) is 8.22. The second-order valence-corrected chi connectivity index (χ2v) is 5.53. The number of carbonyl (C=O) groups is 1. The summed E-state index contributed by atoms with van der Waals surface area (Å²) in [4.78, 5) is 13.8. The highest BCUT2D eigenvalue weighted by Gasteiger charge is 2.52. The molecule has 0 N–H and O–H groups in total. The highest BCUT2D eigenvalue weighted by atomic mass is 35.5. The number of rotatable bonds is 1. The van der Waals surface area contributed by atoms with Crippen molar-refractivity contribution < 1.29 is 4.79 Å². The fraction of sp³-hybridized carbons (Fsp3) is 0.900. The van der Waals surface area contributed by atoms with E-state index in [1.807, 2.05) is 4.90 Å². The average molecular weight is 202 g/mol.